The molecule has 0 atom stereocenters. The van der Waals surface area contributed by atoms with E-state index in [1.807, 2.05) is 65.8 Å². The first-order chi connectivity index (χ1) is 11.3. The van der Waals surface area contributed by atoms with Crippen molar-refractivity contribution in [3.8, 4) is 11.1 Å². The van der Waals surface area contributed by atoms with Gasteiger partial charge >= 0.3 is 5.51 Å². The van der Waals surface area contributed by atoms with Crippen molar-refractivity contribution in [2.75, 3.05) is 0 Å². The van der Waals surface area contributed by atoms with E-state index in [2.05, 4.69) is 0 Å². The predicted molar refractivity (Wildman–Crippen MR) is 101 cm³/mol. The van der Waals surface area contributed by atoms with Gasteiger partial charge in [0, 0.05) is 9.79 Å². The molecule has 3 rings (SSSR count). The molecule has 1 aliphatic heterocycles. The van der Waals surface area contributed by atoms with E-state index < -0.39 is 16.4 Å². The van der Waals surface area contributed by atoms with Gasteiger partial charge in [-0.05, 0) is 45.2 Å². The SMILES string of the molecule is CC(C)(C)c1ccc2c(c1)[SH](C(F)(F)F)c1cc(C(C)(C)C)ccc1-2. The van der Waals surface area contributed by atoms with Gasteiger partial charge in [-0.25, -0.2) is 0 Å². The Morgan fingerprint density at radius 3 is 1.28 bits per heavy atom. The predicted octanol–water partition coefficient (Wildman–Crippen LogP) is 7.20. The minimum absolute atomic E-state index is 0.174. The molecule has 0 aromatic heterocycles. The van der Waals surface area contributed by atoms with Gasteiger partial charge in [0.2, 0.25) is 0 Å². The Morgan fingerprint density at radius 1 is 0.640 bits per heavy atom. The molecular weight excluding hydrogens is 341 g/mol. The van der Waals surface area contributed by atoms with Crippen LogP contribution in [0, 0.1) is 0 Å². The van der Waals surface area contributed by atoms with Crippen molar-refractivity contribution in [1.29, 1.82) is 0 Å². The number of fused-ring (bicyclic) bond motifs is 3. The normalized spacial score (nSPS) is 16.0. The monoisotopic (exact) mass is 366 g/mol. The molecule has 2 aromatic rings. The highest BCUT2D eigenvalue weighted by Crippen LogP contribution is 2.66. The minimum Gasteiger partial charge on any atom is -0.161 e. The van der Waals surface area contributed by atoms with Crippen molar-refractivity contribution in [1.82, 2.24) is 0 Å². The van der Waals surface area contributed by atoms with Crippen molar-refractivity contribution < 1.29 is 13.2 Å². The standard InChI is InChI=1S/C21H25F3S/c1-19(2,3)13-7-9-15-16-10-8-14(20(4,5)6)12-18(16)25(17(15)11-13)21(22,23)24/h7-12,25H,1-6H3. The number of rotatable bonds is 0. The van der Waals surface area contributed by atoms with Crippen LogP contribution in [-0.2, 0) is 10.8 Å². The molecule has 136 valence electrons. The Kier molecular flexibility index (Phi) is 4.07. The maximum Gasteiger partial charge on any atom is 0.431 e. The molecule has 0 N–H and O–H groups in total. The van der Waals surface area contributed by atoms with Gasteiger partial charge in [0.05, 0.1) is 0 Å². The van der Waals surface area contributed by atoms with E-state index in [0.717, 1.165) is 22.3 Å². The Balaban J connectivity index is 2.26. The summed E-state index contributed by atoms with van der Waals surface area (Å²) in [7, 11) is -2.34. The average molecular weight is 366 g/mol. The largest absolute Gasteiger partial charge is 0.431 e. The fourth-order valence-electron chi connectivity index (χ4n) is 3.22. The number of thiol groups is 1. The van der Waals surface area contributed by atoms with Crippen LogP contribution in [-0.4, -0.2) is 5.51 Å². The van der Waals surface area contributed by atoms with Crippen LogP contribution >= 0.6 is 10.9 Å². The lowest BCUT2D eigenvalue weighted by molar-refractivity contribution is -0.0354. The Bertz CT molecular complexity index is 757. The molecule has 0 saturated heterocycles. The zero-order chi connectivity index (χ0) is 18.8. The van der Waals surface area contributed by atoms with Gasteiger partial charge in [-0.1, -0.05) is 65.8 Å². The van der Waals surface area contributed by atoms with Gasteiger partial charge in [-0.3, -0.25) is 0 Å². The highest BCUT2D eigenvalue weighted by Gasteiger charge is 2.45. The average Bonchev–Trinajstić information content (AvgIpc) is 2.77. The molecule has 0 unspecified atom stereocenters. The molecule has 0 saturated carbocycles. The van der Waals surface area contributed by atoms with Crippen molar-refractivity contribution in [3.63, 3.8) is 0 Å². The van der Waals surface area contributed by atoms with Gasteiger partial charge in [0.1, 0.15) is 0 Å². The van der Waals surface area contributed by atoms with Gasteiger partial charge in [-0.2, -0.15) is 13.2 Å². The second kappa shape index (κ2) is 5.54. The van der Waals surface area contributed by atoms with Crippen molar-refractivity contribution in [2.24, 2.45) is 0 Å². The second-order valence-corrected chi connectivity index (χ2v) is 10.9. The molecule has 1 heterocycles. The number of alkyl halides is 3. The molecule has 0 nitrogen and oxygen atoms in total. The molecule has 0 bridgehead atoms. The third-order valence-electron chi connectivity index (χ3n) is 4.75. The maximum atomic E-state index is 14.0. The Morgan fingerprint density at radius 2 is 1.00 bits per heavy atom. The van der Waals surface area contributed by atoms with Crippen LogP contribution in [0.4, 0.5) is 13.2 Å². The summed E-state index contributed by atoms with van der Waals surface area (Å²) in [5.74, 6) is 0. The van der Waals surface area contributed by atoms with Crippen molar-refractivity contribution in [3.05, 3.63) is 47.5 Å². The molecule has 0 spiro atoms. The van der Waals surface area contributed by atoms with E-state index in [9.17, 15) is 13.2 Å². The zero-order valence-corrected chi connectivity index (χ0v) is 16.4. The molecule has 0 amide bonds. The van der Waals surface area contributed by atoms with Crippen LogP contribution in [0.5, 0.6) is 0 Å². The number of hydrogen-bond donors (Lipinski definition) is 1. The van der Waals surface area contributed by atoms with Crippen LogP contribution in [0.1, 0.15) is 52.7 Å². The zero-order valence-electron chi connectivity index (χ0n) is 15.5. The molecule has 2 aromatic carbocycles. The third kappa shape index (κ3) is 3.21. The van der Waals surface area contributed by atoms with Crippen molar-refractivity contribution >= 4 is 10.9 Å². The number of hydrogen-bond acceptors (Lipinski definition) is 0. The lowest BCUT2D eigenvalue weighted by Gasteiger charge is -2.26. The number of benzene rings is 2. The van der Waals surface area contributed by atoms with Gasteiger partial charge in [-0.15, -0.1) is 10.9 Å². The van der Waals surface area contributed by atoms with Crippen LogP contribution < -0.4 is 0 Å². The molecule has 0 fully saturated rings. The minimum atomic E-state index is -4.23. The summed E-state index contributed by atoms with van der Waals surface area (Å²) >= 11 is 0. The second-order valence-electron chi connectivity index (χ2n) is 8.77. The molecule has 4 heteroatoms. The van der Waals surface area contributed by atoms with E-state index >= 15 is 0 Å². The summed E-state index contributed by atoms with van der Waals surface area (Å²) in [6.07, 6.45) is 0. The summed E-state index contributed by atoms with van der Waals surface area (Å²) in [6.45, 7) is 12.2. The van der Waals surface area contributed by atoms with E-state index in [4.69, 9.17) is 0 Å². The van der Waals surface area contributed by atoms with Crippen LogP contribution in [0.3, 0.4) is 0 Å². The van der Waals surface area contributed by atoms with Crippen LogP contribution in [0.25, 0.3) is 11.1 Å². The molecule has 1 aliphatic rings. The van der Waals surface area contributed by atoms with Gasteiger partial charge in [0.15, 0.2) is 0 Å². The highest BCUT2D eigenvalue weighted by molar-refractivity contribution is 8.18. The summed E-state index contributed by atoms with van der Waals surface area (Å²) in [5.41, 5.74) is -1.19. The number of halogens is 3. The van der Waals surface area contributed by atoms with Crippen molar-refractivity contribution in [2.45, 2.75) is 67.7 Å². The lowest BCUT2D eigenvalue weighted by atomic mass is 9.85. The summed E-state index contributed by atoms with van der Waals surface area (Å²) in [4.78, 5) is 0.909. The first kappa shape index (κ1) is 18.4. The van der Waals surface area contributed by atoms with E-state index in [1.165, 1.54) is 0 Å². The summed E-state index contributed by atoms with van der Waals surface area (Å²) in [6, 6.07) is 11.3. The maximum absolute atomic E-state index is 14.0. The first-order valence-corrected chi connectivity index (χ1v) is 9.81. The quantitative estimate of drug-likeness (QED) is 0.468. The Labute approximate surface area is 150 Å². The molecule has 0 radical (unpaired) electrons. The molecule has 25 heavy (non-hydrogen) atoms. The van der Waals surface area contributed by atoms with Crippen LogP contribution in [0.2, 0.25) is 0 Å². The smallest absolute Gasteiger partial charge is 0.161 e. The van der Waals surface area contributed by atoms with E-state index in [-0.39, 0.29) is 10.8 Å². The fraction of sp³-hybridized carbons (Fsp3) is 0.429. The molecule has 0 aliphatic carbocycles. The van der Waals surface area contributed by atoms with E-state index in [0.29, 0.717) is 9.79 Å². The topological polar surface area (TPSA) is 0 Å². The lowest BCUT2D eigenvalue weighted by Crippen LogP contribution is -2.13. The van der Waals surface area contributed by atoms with Crippen LogP contribution in [0.15, 0.2) is 46.2 Å². The highest BCUT2D eigenvalue weighted by atomic mass is 32.2. The summed E-state index contributed by atoms with van der Waals surface area (Å²) in [5, 5.41) is 0. The van der Waals surface area contributed by atoms with Gasteiger partial charge in [0.25, 0.3) is 0 Å². The summed E-state index contributed by atoms with van der Waals surface area (Å²) < 4.78 is 42.0. The Hall–Kier alpha value is -1.42. The third-order valence-corrected chi connectivity index (χ3v) is 6.96. The van der Waals surface area contributed by atoms with E-state index in [1.54, 1.807) is 12.1 Å². The molecular formula is C21H25F3S. The first-order valence-electron chi connectivity index (χ1n) is 8.46. The van der Waals surface area contributed by atoms with Gasteiger partial charge < -0.3 is 0 Å². The fourth-order valence-corrected chi connectivity index (χ4v) is 5.44.